The molecular formula is C18H11ClN2O4. The average Bonchev–Trinajstić information content (AvgIpc) is 3.10. The lowest BCUT2D eigenvalue weighted by molar-refractivity contribution is -0.402. The number of nitrogens with zero attached hydrogens (tertiary/aromatic N) is 2. The van der Waals surface area contributed by atoms with E-state index in [-0.39, 0.29) is 17.4 Å². The molecular weight excluding hydrogens is 344 g/mol. The highest BCUT2D eigenvalue weighted by molar-refractivity contribution is 6.31. The number of benzene rings is 2. The topological polar surface area (TPSA) is 85.7 Å². The lowest BCUT2D eigenvalue weighted by Gasteiger charge is -2.05. The van der Waals surface area contributed by atoms with Crippen LogP contribution >= 0.6 is 11.6 Å². The van der Waals surface area contributed by atoms with Gasteiger partial charge >= 0.3 is 5.88 Å². The summed E-state index contributed by atoms with van der Waals surface area (Å²) in [6.45, 7) is 0. The molecule has 0 amide bonds. The Hall–Kier alpha value is -3.25. The minimum Gasteiger partial charge on any atom is -0.400 e. The Balaban J connectivity index is 1.95. The standard InChI is InChI=1S/C18H11ClN2O4/c19-13-6-8-16(20-11-14-7-9-17(25-14)21(23)24)15(10-13)18(22)12-4-2-1-3-5-12/h1-11H. The van der Waals surface area contributed by atoms with Crippen molar-refractivity contribution in [1.82, 2.24) is 0 Å². The van der Waals surface area contributed by atoms with Gasteiger partial charge in [-0.15, -0.1) is 0 Å². The third-order valence-electron chi connectivity index (χ3n) is 3.36. The molecule has 1 aromatic heterocycles. The minimum absolute atomic E-state index is 0.208. The van der Waals surface area contributed by atoms with Crippen molar-refractivity contribution in [2.24, 2.45) is 4.99 Å². The molecule has 0 saturated heterocycles. The summed E-state index contributed by atoms with van der Waals surface area (Å²) >= 11 is 6.01. The highest BCUT2D eigenvalue weighted by Gasteiger charge is 2.14. The fourth-order valence-electron chi connectivity index (χ4n) is 2.19. The molecule has 0 N–H and O–H groups in total. The molecule has 0 spiro atoms. The summed E-state index contributed by atoms with van der Waals surface area (Å²) < 4.78 is 5.02. The van der Waals surface area contributed by atoms with Gasteiger partial charge in [0.15, 0.2) is 11.5 Å². The van der Waals surface area contributed by atoms with E-state index in [0.29, 0.717) is 21.8 Å². The highest BCUT2D eigenvalue weighted by atomic mass is 35.5. The molecule has 0 radical (unpaired) electrons. The number of hydrogen-bond donors (Lipinski definition) is 0. The number of rotatable bonds is 5. The summed E-state index contributed by atoms with van der Waals surface area (Å²) in [6, 6.07) is 16.2. The first-order chi connectivity index (χ1) is 12.0. The van der Waals surface area contributed by atoms with E-state index < -0.39 is 4.92 Å². The Bertz CT molecular complexity index is 964. The van der Waals surface area contributed by atoms with Gasteiger partial charge in [-0.05, 0) is 24.3 Å². The molecule has 0 aliphatic carbocycles. The number of aliphatic imine (C=N–C) groups is 1. The molecule has 6 nitrogen and oxygen atoms in total. The largest absolute Gasteiger partial charge is 0.433 e. The van der Waals surface area contributed by atoms with Crippen molar-refractivity contribution in [2.75, 3.05) is 0 Å². The first kappa shape index (κ1) is 16.6. The number of hydrogen-bond acceptors (Lipinski definition) is 5. The van der Waals surface area contributed by atoms with Crippen molar-refractivity contribution in [3.05, 3.63) is 92.7 Å². The SMILES string of the molecule is O=C(c1ccccc1)c1cc(Cl)ccc1N=Cc1ccc([N+](=O)[O-])o1. The van der Waals surface area contributed by atoms with Gasteiger partial charge in [-0.1, -0.05) is 41.9 Å². The van der Waals surface area contributed by atoms with Crippen LogP contribution in [-0.4, -0.2) is 16.9 Å². The third kappa shape index (κ3) is 3.81. The van der Waals surface area contributed by atoms with Crippen molar-refractivity contribution >= 4 is 35.2 Å². The zero-order valence-corrected chi connectivity index (χ0v) is 13.5. The van der Waals surface area contributed by atoms with Gasteiger partial charge in [0.05, 0.1) is 18.0 Å². The number of carbonyl (C=O) groups is 1. The van der Waals surface area contributed by atoms with Gasteiger partial charge in [0.25, 0.3) is 0 Å². The van der Waals surface area contributed by atoms with Crippen LogP contribution in [0.25, 0.3) is 0 Å². The van der Waals surface area contributed by atoms with Gasteiger partial charge < -0.3 is 4.42 Å². The van der Waals surface area contributed by atoms with Crippen LogP contribution in [0.4, 0.5) is 11.6 Å². The fraction of sp³-hybridized carbons (Fsp3) is 0. The van der Waals surface area contributed by atoms with Crippen molar-refractivity contribution in [3.63, 3.8) is 0 Å². The summed E-state index contributed by atoms with van der Waals surface area (Å²) in [4.78, 5) is 26.9. The van der Waals surface area contributed by atoms with Crippen molar-refractivity contribution in [1.29, 1.82) is 0 Å². The number of furan rings is 1. The van der Waals surface area contributed by atoms with E-state index in [2.05, 4.69) is 4.99 Å². The molecule has 0 atom stereocenters. The van der Waals surface area contributed by atoms with Crippen molar-refractivity contribution in [2.45, 2.75) is 0 Å². The van der Waals surface area contributed by atoms with Crippen LogP contribution in [-0.2, 0) is 0 Å². The Labute approximate surface area is 147 Å². The Morgan fingerprint density at radius 1 is 1.12 bits per heavy atom. The quantitative estimate of drug-likeness (QED) is 0.284. The molecule has 25 heavy (non-hydrogen) atoms. The second-order valence-electron chi connectivity index (χ2n) is 5.05. The number of carbonyl (C=O) groups excluding carboxylic acids is 1. The molecule has 7 heteroatoms. The molecule has 3 rings (SSSR count). The van der Waals surface area contributed by atoms with Crippen molar-refractivity contribution in [3.8, 4) is 0 Å². The zero-order chi connectivity index (χ0) is 17.8. The zero-order valence-electron chi connectivity index (χ0n) is 12.8. The number of nitro groups is 1. The summed E-state index contributed by atoms with van der Waals surface area (Å²) in [5.74, 6) is -0.390. The predicted molar refractivity (Wildman–Crippen MR) is 93.9 cm³/mol. The van der Waals surface area contributed by atoms with Crippen LogP contribution in [0.1, 0.15) is 21.7 Å². The van der Waals surface area contributed by atoms with E-state index in [1.54, 1.807) is 36.4 Å². The molecule has 3 aromatic rings. The molecule has 0 aliphatic rings. The first-order valence-corrected chi connectivity index (χ1v) is 7.60. The fourth-order valence-corrected chi connectivity index (χ4v) is 2.36. The Kier molecular flexibility index (Phi) is 4.72. The van der Waals surface area contributed by atoms with Gasteiger partial charge in [-0.25, -0.2) is 0 Å². The Morgan fingerprint density at radius 2 is 1.88 bits per heavy atom. The van der Waals surface area contributed by atoms with Crippen LogP contribution in [0.2, 0.25) is 5.02 Å². The number of ketones is 1. The van der Waals surface area contributed by atoms with Crippen LogP contribution in [0, 0.1) is 10.1 Å². The summed E-state index contributed by atoms with van der Waals surface area (Å²) in [7, 11) is 0. The third-order valence-corrected chi connectivity index (χ3v) is 3.60. The normalized spacial score (nSPS) is 10.9. The van der Waals surface area contributed by atoms with Gasteiger partial charge in [0.1, 0.15) is 4.92 Å². The van der Waals surface area contributed by atoms with E-state index in [9.17, 15) is 14.9 Å². The maximum absolute atomic E-state index is 12.7. The number of halogens is 1. The van der Waals surface area contributed by atoms with E-state index in [1.807, 2.05) is 6.07 Å². The molecule has 2 aromatic carbocycles. The second kappa shape index (κ2) is 7.11. The van der Waals surface area contributed by atoms with Gasteiger partial charge in [0, 0.05) is 16.1 Å². The maximum Gasteiger partial charge on any atom is 0.433 e. The molecule has 0 aliphatic heterocycles. The van der Waals surface area contributed by atoms with Crippen LogP contribution in [0.5, 0.6) is 0 Å². The van der Waals surface area contributed by atoms with E-state index >= 15 is 0 Å². The van der Waals surface area contributed by atoms with Crippen molar-refractivity contribution < 1.29 is 14.1 Å². The molecule has 0 bridgehead atoms. The van der Waals surface area contributed by atoms with Gasteiger partial charge in [0.2, 0.25) is 0 Å². The molecule has 0 unspecified atom stereocenters. The lowest BCUT2D eigenvalue weighted by Crippen LogP contribution is -2.01. The highest BCUT2D eigenvalue weighted by Crippen LogP contribution is 2.26. The van der Waals surface area contributed by atoms with Gasteiger partial charge in [-0.2, -0.15) is 0 Å². The smallest absolute Gasteiger partial charge is 0.400 e. The molecule has 0 saturated carbocycles. The Morgan fingerprint density at radius 3 is 2.56 bits per heavy atom. The maximum atomic E-state index is 12.7. The molecule has 1 heterocycles. The monoisotopic (exact) mass is 354 g/mol. The summed E-state index contributed by atoms with van der Waals surface area (Å²) in [6.07, 6.45) is 1.32. The summed E-state index contributed by atoms with van der Waals surface area (Å²) in [5.41, 5.74) is 1.23. The van der Waals surface area contributed by atoms with Crippen LogP contribution in [0.3, 0.4) is 0 Å². The second-order valence-corrected chi connectivity index (χ2v) is 5.48. The predicted octanol–water partition coefficient (Wildman–Crippen LogP) is 4.82. The van der Waals surface area contributed by atoms with E-state index in [1.165, 1.54) is 24.4 Å². The molecule has 124 valence electrons. The summed E-state index contributed by atoms with van der Waals surface area (Å²) in [5, 5.41) is 11.0. The van der Waals surface area contributed by atoms with E-state index in [0.717, 1.165) is 0 Å². The van der Waals surface area contributed by atoms with Crippen LogP contribution in [0.15, 0.2) is 70.1 Å². The van der Waals surface area contributed by atoms with E-state index in [4.69, 9.17) is 16.0 Å². The lowest BCUT2D eigenvalue weighted by atomic mass is 10.0. The average molecular weight is 355 g/mol. The minimum atomic E-state index is -0.635. The van der Waals surface area contributed by atoms with Gasteiger partial charge in [-0.3, -0.25) is 19.9 Å². The molecule has 0 fully saturated rings. The van der Waals surface area contributed by atoms with Crippen LogP contribution < -0.4 is 0 Å². The first-order valence-electron chi connectivity index (χ1n) is 7.22.